The van der Waals surface area contributed by atoms with Crippen molar-refractivity contribution in [2.75, 3.05) is 4.90 Å². The molecule has 0 N–H and O–H groups in total. The molecule has 8 aromatic carbocycles. The first-order valence-corrected chi connectivity index (χ1v) is 21.2. The Hall–Kier alpha value is -7.42. The number of nitrogens with zero attached hydrogens (tertiary/aromatic N) is 1. The Morgan fingerprint density at radius 1 is 0.541 bits per heavy atom. The molecule has 2 nitrogen and oxygen atoms in total. The zero-order valence-electron chi connectivity index (χ0n) is 34.7. The van der Waals surface area contributed by atoms with Crippen molar-refractivity contribution in [2.45, 2.75) is 31.6 Å². The zero-order valence-corrected chi connectivity index (χ0v) is 34.7. The second kappa shape index (κ2) is 14.1. The minimum atomic E-state index is -0.534. The fourth-order valence-corrected chi connectivity index (χ4v) is 10.6. The molecule has 0 fully saturated rings. The summed E-state index contributed by atoms with van der Waals surface area (Å²) in [5.74, 6) is 0. The highest BCUT2D eigenvalue weighted by Crippen LogP contribution is 2.58. The van der Waals surface area contributed by atoms with Crippen molar-refractivity contribution in [3.63, 3.8) is 0 Å². The minimum Gasteiger partial charge on any atom is -0.454 e. The molecule has 0 aliphatic heterocycles. The van der Waals surface area contributed by atoms with Gasteiger partial charge in [0.25, 0.3) is 0 Å². The maximum atomic E-state index is 6.72. The van der Waals surface area contributed by atoms with Crippen LogP contribution in [0.4, 0.5) is 17.1 Å². The highest BCUT2D eigenvalue weighted by Gasteiger charge is 2.47. The number of hydrogen-bond acceptors (Lipinski definition) is 2. The van der Waals surface area contributed by atoms with Crippen LogP contribution in [-0.2, 0) is 10.8 Å². The lowest BCUT2D eigenvalue weighted by Crippen LogP contribution is -2.29. The smallest absolute Gasteiger partial charge is 0.159 e. The summed E-state index contributed by atoms with van der Waals surface area (Å²) < 4.78 is 6.72. The number of anilines is 3. The number of benzene rings is 8. The summed E-state index contributed by atoms with van der Waals surface area (Å²) in [6, 6.07) is 70.5. The van der Waals surface area contributed by atoms with Gasteiger partial charge in [0, 0.05) is 27.6 Å². The van der Waals surface area contributed by atoms with Crippen LogP contribution in [0.2, 0.25) is 0 Å². The summed E-state index contributed by atoms with van der Waals surface area (Å²) in [5.41, 5.74) is 19.1. The molecule has 0 spiro atoms. The predicted octanol–water partition coefficient (Wildman–Crippen LogP) is 15.8. The molecule has 11 rings (SSSR count). The van der Waals surface area contributed by atoms with E-state index in [9.17, 15) is 0 Å². The van der Waals surface area contributed by atoms with Crippen LogP contribution in [0.5, 0.6) is 0 Å². The first-order chi connectivity index (χ1) is 29.9. The third-order valence-corrected chi connectivity index (χ3v) is 13.3. The van der Waals surface area contributed by atoms with E-state index in [1.54, 1.807) is 0 Å². The van der Waals surface area contributed by atoms with Crippen LogP contribution in [0, 0.1) is 0 Å². The molecule has 0 bridgehead atoms. The van der Waals surface area contributed by atoms with Gasteiger partial charge in [-0.3, -0.25) is 0 Å². The van der Waals surface area contributed by atoms with Gasteiger partial charge in [-0.2, -0.15) is 0 Å². The standard InChI is InChI=1S/C59H45NO/c1-5-44(56-49-26-14-17-29-52(49)59(50(56)6-2,40-20-9-7-10-21-40)41-22-11-8-12-23-41)39-32-34-42(35-33-39)60(54-30-19-27-48-47-25-15-18-31-55(47)61-57(48)54)43-36-37-46-45-24-13-16-28-51(45)58(3,4)53(46)38-43/h5-38H,2H2,1,3-4H3/b44-5-. The van der Waals surface area contributed by atoms with E-state index < -0.39 is 5.41 Å². The van der Waals surface area contributed by atoms with Crippen LogP contribution in [-0.4, -0.2) is 0 Å². The first-order valence-electron chi connectivity index (χ1n) is 21.2. The Kier molecular flexibility index (Phi) is 8.47. The van der Waals surface area contributed by atoms with Gasteiger partial charge < -0.3 is 9.32 Å². The second-order valence-corrected chi connectivity index (χ2v) is 16.8. The van der Waals surface area contributed by atoms with Crippen molar-refractivity contribution in [1.82, 2.24) is 0 Å². The molecule has 0 atom stereocenters. The summed E-state index contributed by atoms with van der Waals surface area (Å²) in [5, 5.41) is 2.21. The third kappa shape index (κ3) is 5.35. The van der Waals surface area contributed by atoms with E-state index in [4.69, 9.17) is 4.42 Å². The van der Waals surface area contributed by atoms with Gasteiger partial charge in [0.05, 0.1) is 11.1 Å². The van der Waals surface area contributed by atoms with E-state index in [0.717, 1.165) is 44.6 Å². The van der Waals surface area contributed by atoms with Gasteiger partial charge in [0.2, 0.25) is 0 Å². The second-order valence-electron chi connectivity index (χ2n) is 16.8. The lowest BCUT2D eigenvalue weighted by molar-refractivity contribution is 0.660. The van der Waals surface area contributed by atoms with Gasteiger partial charge in [-0.05, 0) is 110 Å². The zero-order chi connectivity index (χ0) is 41.3. The van der Waals surface area contributed by atoms with Crippen molar-refractivity contribution >= 4 is 50.1 Å². The molecule has 61 heavy (non-hydrogen) atoms. The van der Waals surface area contributed by atoms with Crippen LogP contribution < -0.4 is 4.90 Å². The van der Waals surface area contributed by atoms with E-state index >= 15 is 0 Å². The summed E-state index contributed by atoms with van der Waals surface area (Å²) in [4.78, 5) is 2.37. The van der Waals surface area contributed by atoms with Crippen LogP contribution >= 0.6 is 0 Å². The predicted molar refractivity (Wildman–Crippen MR) is 256 cm³/mol. The molecule has 2 heteroatoms. The summed E-state index contributed by atoms with van der Waals surface area (Å²) >= 11 is 0. The van der Waals surface area contributed by atoms with E-state index in [-0.39, 0.29) is 5.41 Å². The number of furan rings is 1. The van der Waals surface area contributed by atoms with Gasteiger partial charge in [-0.1, -0.05) is 190 Å². The summed E-state index contributed by atoms with van der Waals surface area (Å²) in [6.45, 7) is 11.4. The molecule has 2 aliphatic carbocycles. The lowest BCUT2D eigenvalue weighted by atomic mass is 9.67. The molecular weight excluding hydrogens is 739 g/mol. The molecule has 0 amide bonds. The monoisotopic (exact) mass is 783 g/mol. The van der Waals surface area contributed by atoms with Crippen molar-refractivity contribution in [3.05, 3.63) is 257 Å². The first kappa shape index (κ1) is 36.6. The Balaban J connectivity index is 1.09. The van der Waals surface area contributed by atoms with Crippen molar-refractivity contribution in [2.24, 2.45) is 0 Å². The molecule has 2 aliphatic rings. The average Bonchev–Trinajstić information content (AvgIpc) is 3.92. The highest BCUT2D eigenvalue weighted by molar-refractivity contribution is 6.12. The maximum absolute atomic E-state index is 6.72. The van der Waals surface area contributed by atoms with E-state index in [1.807, 2.05) is 6.07 Å². The van der Waals surface area contributed by atoms with Gasteiger partial charge in [0.1, 0.15) is 5.58 Å². The molecule has 1 aromatic heterocycles. The summed E-state index contributed by atoms with van der Waals surface area (Å²) in [6.07, 6.45) is 4.36. The molecular formula is C59H45NO. The minimum absolute atomic E-state index is 0.146. The normalized spacial score (nSPS) is 14.8. The number of rotatable bonds is 8. The number of fused-ring (bicyclic) bond motifs is 7. The quantitative estimate of drug-likeness (QED) is 0.153. The largest absolute Gasteiger partial charge is 0.454 e. The van der Waals surface area contributed by atoms with Crippen LogP contribution in [0.1, 0.15) is 59.7 Å². The SMILES string of the molecule is C=CC1=C(/C(=C\C)c2ccc(N(c3ccc4c(c3)C(C)(C)c3ccccc3-4)c3cccc4c3oc3ccccc34)cc2)c2ccccc2C1(c1ccccc1)c1ccccc1. The van der Waals surface area contributed by atoms with Crippen LogP contribution in [0.3, 0.4) is 0 Å². The van der Waals surface area contributed by atoms with Crippen molar-refractivity contribution in [3.8, 4) is 11.1 Å². The van der Waals surface area contributed by atoms with Crippen molar-refractivity contribution < 1.29 is 4.42 Å². The van der Waals surface area contributed by atoms with Crippen LogP contribution in [0.25, 0.3) is 44.2 Å². The Morgan fingerprint density at radius 3 is 1.84 bits per heavy atom. The van der Waals surface area contributed by atoms with Gasteiger partial charge in [-0.15, -0.1) is 0 Å². The molecule has 292 valence electrons. The van der Waals surface area contributed by atoms with E-state index in [2.05, 4.69) is 232 Å². The fraction of sp³-hybridized carbons (Fsp3) is 0.0847. The number of para-hydroxylation sites is 2. The Bertz CT molecular complexity index is 3190. The fourth-order valence-electron chi connectivity index (χ4n) is 10.6. The van der Waals surface area contributed by atoms with Gasteiger partial charge in [-0.25, -0.2) is 0 Å². The highest BCUT2D eigenvalue weighted by atomic mass is 16.3. The molecule has 0 saturated heterocycles. The Labute approximate surface area is 358 Å². The molecule has 0 unspecified atom stereocenters. The van der Waals surface area contributed by atoms with Gasteiger partial charge in [0.15, 0.2) is 5.58 Å². The number of allylic oxidation sites excluding steroid dienone is 5. The summed E-state index contributed by atoms with van der Waals surface area (Å²) in [7, 11) is 0. The lowest BCUT2D eigenvalue weighted by Gasteiger charge is -2.34. The van der Waals surface area contributed by atoms with E-state index in [0.29, 0.717) is 0 Å². The molecule has 0 radical (unpaired) electrons. The van der Waals surface area contributed by atoms with E-state index in [1.165, 1.54) is 61.2 Å². The topological polar surface area (TPSA) is 16.4 Å². The molecule has 1 heterocycles. The third-order valence-electron chi connectivity index (χ3n) is 13.3. The Morgan fingerprint density at radius 2 is 1.13 bits per heavy atom. The van der Waals surface area contributed by atoms with Crippen molar-refractivity contribution in [1.29, 1.82) is 0 Å². The van der Waals surface area contributed by atoms with Gasteiger partial charge >= 0.3 is 0 Å². The number of hydrogen-bond donors (Lipinski definition) is 0. The molecule has 9 aromatic rings. The average molecular weight is 784 g/mol. The van der Waals surface area contributed by atoms with Crippen LogP contribution in [0.15, 0.2) is 223 Å². The molecule has 0 saturated carbocycles. The maximum Gasteiger partial charge on any atom is 0.159 e.